The molecule has 4 aromatic rings. The van der Waals surface area contributed by atoms with Gasteiger partial charge < -0.3 is 9.64 Å². The monoisotopic (exact) mass is 585 g/mol. The van der Waals surface area contributed by atoms with Gasteiger partial charge in [-0.05, 0) is 62.6 Å². The van der Waals surface area contributed by atoms with Crippen LogP contribution in [0.5, 0.6) is 5.88 Å². The number of benzene rings is 2. The molecule has 4 rings (SSSR count). The van der Waals surface area contributed by atoms with E-state index in [4.69, 9.17) is 27.9 Å². The zero-order valence-corrected chi connectivity index (χ0v) is 24.3. The van der Waals surface area contributed by atoms with E-state index in [0.717, 1.165) is 11.0 Å². The number of unbranched alkanes of at least 4 members (excludes halogenated alkanes) is 1. The lowest BCUT2D eigenvalue weighted by atomic mass is 9.96. The fraction of sp³-hybridized carbons (Fsp3) is 0.321. The maximum atomic E-state index is 13.9. The van der Waals surface area contributed by atoms with E-state index in [1.54, 1.807) is 65.3 Å². The molecule has 0 spiro atoms. The molecule has 12 heteroatoms. The first-order valence-electron chi connectivity index (χ1n) is 12.6. The van der Waals surface area contributed by atoms with E-state index in [1.807, 2.05) is 0 Å². The van der Waals surface area contributed by atoms with Crippen LogP contribution in [0.2, 0.25) is 5.02 Å². The maximum Gasteiger partial charge on any atom is 0.416 e. The topological polar surface area (TPSA) is 108 Å². The van der Waals surface area contributed by atoms with E-state index in [1.165, 1.54) is 20.2 Å². The first-order valence-corrected chi connectivity index (χ1v) is 13.5. The largest absolute Gasteiger partial charge is 0.416 e. The van der Waals surface area contributed by atoms with Crippen molar-refractivity contribution in [1.82, 2.24) is 23.8 Å². The van der Waals surface area contributed by atoms with Gasteiger partial charge in [-0.3, -0.25) is 14.2 Å². The maximum absolute atomic E-state index is 13.9. The normalized spacial score (nSPS) is 11.2. The van der Waals surface area contributed by atoms with Crippen LogP contribution in [0.1, 0.15) is 40.0 Å². The molecule has 2 aromatic heterocycles. The quantitative estimate of drug-likeness (QED) is 0.172. The second-order valence-electron chi connectivity index (χ2n) is 9.50. The Morgan fingerprint density at radius 2 is 1.80 bits per heavy atom. The van der Waals surface area contributed by atoms with Crippen molar-refractivity contribution < 1.29 is 14.3 Å². The van der Waals surface area contributed by atoms with Crippen LogP contribution >= 0.6 is 23.2 Å². The SMILES string of the molecule is Cc1nn(C)c(OC(=O)N(C)CCCCCl)c1C(=O)c1ccc2c(c1C)c(=O)n(-c1cccc(Cl)c1)c(=O)n2C. The summed E-state index contributed by atoms with van der Waals surface area (Å²) in [6.45, 7) is 3.72. The van der Waals surface area contributed by atoms with Crippen molar-refractivity contribution in [3.8, 4) is 11.6 Å². The number of aryl methyl sites for hydroxylation is 4. The highest BCUT2D eigenvalue weighted by Gasteiger charge is 2.28. The highest BCUT2D eigenvalue weighted by molar-refractivity contribution is 6.30. The summed E-state index contributed by atoms with van der Waals surface area (Å²) >= 11 is 11.8. The Bertz CT molecular complexity index is 1750. The van der Waals surface area contributed by atoms with Crippen LogP contribution in [0.25, 0.3) is 16.6 Å². The number of ether oxygens (including phenoxy) is 1. The summed E-state index contributed by atoms with van der Waals surface area (Å²) in [7, 11) is 4.73. The van der Waals surface area contributed by atoms with Crippen LogP contribution in [0, 0.1) is 13.8 Å². The Kier molecular flexibility index (Phi) is 8.51. The molecule has 0 aliphatic rings. The Balaban J connectivity index is 1.82. The average molecular weight is 586 g/mol. The molecular formula is C28H29Cl2N5O5. The molecule has 0 N–H and O–H groups in total. The van der Waals surface area contributed by atoms with Crippen molar-refractivity contribution >= 4 is 46.0 Å². The van der Waals surface area contributed by atoms with Gasteiger partial charge in [0.15, 0.2) is 0 Å². The second-order valence-corrected chi connectivity index (χ2v) is 10.3. The molecule has 0 aliphatic carbocycles. The Morgan fingerprint density at radius 1 is 1.07 bits per heavy atom. The number of ketones is 1. The predicted molar refractivity (Wildman–Crippen MR) is 155 cm³/mol. The lowest BCUT2D eigenvalue weighted by molar-refractivity contribution is 0.103. The lowest BCUT2D eigenvalue weighted by Crippen LogP contribution is -2.38. The number of carbonyl (C=O) groups is 2. The fourth-order valence-electron chi connectivity index (χ4n) is 4.63. The van der Waals surface area contributed by atoms with E-state index >= 15 is 0 Å². The fourth-order valence-corrected chi connectivity index (χ4v) is 5.01. The minimum absolute atomic E-state index is 0.00649. The molecule has 0 unspecified atom stereocenters. The molecule has 0 radical (unpaired) electrons. The standard InChI is InChI=1S/C28H29Cl2N5O5/c1-16-20(24(36)23-17(2)31-34(5)26(23)40-28(39)32(3)14-7-6-13-29)11-12-21-22(16)25(37)35(27(38)33(21)4)19-10-8-9-18(30)15-19/h8-12,15H,6-7,13-14H2,1-5H3. The molecular weight excluding hydrogens is 557 g/mol. The zero-order valence-electron chi connectivity index (χ0n) is 22.8. The number of carbonyl (C=O) groups excluding carboxylic acids is 2. The first-order chi connectivity index (χ1) is 19.0. The molecule has 40 heavy (non-hydrogen) atoms. The van der Waals surface area contributed by atoms with E-state index in [9.17, 15) is 19.2 Å². The van der Waals surface area contributed by atoms with Crippen LogP contribution in [0.15, 0.2) is 46.0 Å². The van der Waals surface area contributed by atoms with Crippen molar-refractivity contribution in [1.29, 1.82) is 0 Å². The van der Waals surface area contributed by atoms with Gasteiger partial charge in [0.2, 0.25) is 11.7 Å². The average Bonchev–Trinajstić information content (AvgIpc) is 3.19. The summed E-state index contributed by atoms with van der Waals surface area (Å²) < 4.78 is 9.32. The first kappa shape index (κ1) is 29.1. The van der Waals surface area contributed by atoms with Gasteiger partial charge in [-0.2, -0.15) is 5.10 Å². The highest BCUT2D eigenvalue weighted by Crippen LogP contribution is 2.28. The van der Waals surface area contributed by atoms with Gasteiger partial charge in [-0.15, -0.1) is 11.6 Å². The van der Waals surface area contributed by atoms with Crippen LogP contribution in [-0.2, 0) is 14.1 Å². The second kappa shape index (κ2) is 11.7. The number of aromatic nitrogens is 4. The van der Waals surface area contributed by atoms with Gasteiger partial charge in [-0.25, -0.2) is 18.8 Å². The summed E-state index contributed by atoms with van der Waals surface area (Å²) in [6.07, 6.45) is 0.817. The zero-order chi connectivity index (χ0) is 29.3. The molecule has 0 saturated carbocycles. The Morgan fingerprint density at radius 3 is 2.48 bits per heavy atom. The molecule has 1 amide bonds. The van der Waals surface area contributed by atoms with Crippen LogP contribution in [0.4, 0.5) is 4.79 Å². The van der Waals surface area contributed by atoms with Gasteiger partial charge >= 0.3 is 11.8 Å². The third-order valence-electron chi connectivity index (χ3n) is 6.78. The molecule has 2 aromatic carbocycles. The van der Waals surface area contributed by atoms with E-state index in [0.29, 0.717) is 46.3 Å². The number of halogens is 2. The van der Waals surface area contributed by atoms with Crippen LogP contribution in [0.3, 0.4) is 0 Å². The third-order valence-corrected chi connectivity index (χ3v) is 7.28. The molecule has 0 saturated heterocycles. The van der Waals surface area contributed by atoms with Crippen molar-refractivity contribution in [3.05, 3.63) is 84.6 Å². The van der Waals surface area contributed by atoms with Crippen molar-refractivity contribution in [2.75, 3.05) is 19.5 Å². The number of amides is 1. The highest BCUT2D eigenvalue weighted by atomic mass is 35.5. The Hall–Kier alpha value is -3.89. The van der Waals surface area contributed by atoms with Crippen molar-refractivity contribution in [2.24, 2.45) is 14.1 Å². The number of nitrogens with zero attached hydrogens (tertiary/aromatic N) is 5. The van der Waals surface area contributed by atoms with Gasteiger partial charge in [0.1, 0.15) is 5.56 Å². The van der Waals surface area contributed by atoms with Gasteiger partial charge in [0.05, 0.1) is 22.3 Å². The van der Waals surface area contributed by atoms with Crippen LogP contribution < -0.4 is 16.0 Å². The molecule has 0 aliphatic heterocycles. The van der Waals surface area contributed by atoms with E-state index in [-0.39, 0.29) is 22.4 Å². The van der Waals surface area contributed by atoms with Gasteiger partial charge in [0, 0.05) is 44.2 Å². The minimum atomic E-state index is -0.638. The van der Waals surface area contributed by atoms with Gasteiger partial charge in [-0.1, -0.05) is 17.7 Å². The number of hydrogen-bond donors (Lipinski definition) is 0. The molecule has 2 heterocycles. The number of rotatable bonds is 8. The van der Waals surface area contributed by atoms with E-state index in [2.05, 4.69) is 5.10 Å². The van der Waals surface area contributed by atoms with Crippen molar-refractivity contribution in [2.45, 2.75) is 26.7 Å². The smallest absolute Gasteiger partial charge is 0.391 e. The number of fused-ring (bicyclic) bond motifs is 1. The summed E-state index contributed by atoms with van der Waals surface area (Å²) in [5.41, 5.74) is 0.594. The summed E-state index contributed by atoms with van der Waals surface area (Å²) in [6, 6.07) is 9.53. The summed E-state index contributed by atoms with van der Waals surface area (Å²) in [5, 5.41) is 4.87. The molecule has 0 atom stereocenters. The molecule has 0 bridgehead atoms. The predicted octanol–water partition coefficient (Wildman–Crippen LogP) is 4.37. The molecule has 10 nitrogen and oxygen atoms in total. The van der Waals surface area contributed by atoms with Crippen LogP contribution in [-0.4, -0.2) is 55.2 Å². The van der Waals surface area contributed by atoms with Gasteiger partial charge in [0.25, 0.3) is 5.56 Å². The Labute approximate surface area is 240 Å². The van der Waals surface area contributed by atoms with E-state index < -0.39 is 23.1 Å². The number of alkyl halides is 1. The summed E-state index contributed by atoms with van der Waals surface area (Å²) in [5.74, 6) is 0.0134. The van der Waals surface area contributed by atoms with Crippen molar-refractivity contribution in [3.63, 3.8) is 0 Å². The molecule has 0 fully saturated rings. The summed E-state index contributed by atoms with van der Waals surface area (Å²) in [4.78, 5) is 54.9. The number of hydrogen-bond acceptors (Lipinski definition) is 6. The minimum Gasteiger partial charge on any atom is -0.391 e. The lowest BCUT2D eigenvalue weighted by Gasteiger charge is -2.17. The molecule has 210 valence electrons. The third kappa shape index (κ3) is 5.29.